The standard InChI is InChI=1S/C26H22F6N6/c27-25(28,29)20-4-2-1-3-16(20)12-35-23-21(26(30,31)32)14-36-24(38-23)37-17-5-6-22-18(11-17)19(13-34-22)15-7-9-33-10-8-15/h1-7,11,13-14,33-34H,8-10,12H2,(H2,35,36,37,38). The summed E-state index contributed by atoms with van der Waals surface area (Å²) in [6.07, 6.45) is -3.97. The molecule has 4 N–H and O–H groups in total. The fourth-order valence-electron chi connectivity index (χ4n) is 4.37. The van der Waals surface area contributed by atoms with E-state index in [0.717, 1.165) is 42.0 Å². The van der Waals surface area contributed by atoms with Crippen molar-refractivity contribution in [2.24, 2.45) is 0 Å². The van der Waals surface area contributed by atoms with Gasteiger partial charge in [-0.2, -0.15) is 31.3 Å². The average Bonchev–Trinajstić information content (AvgIpc) is 3.30. The van der Waals surface area contributed by atoms with Crippen LogP contribution >= 0.6 is 0 Å². The fourth-order valence-corrected chi connectivity index (χ4v) is 4.37. The number of alkyl halides is 6. The highest BCUT2D eigenvalue weighted by molar-refractivity contribution is 5.95. The summed E-state index contributed by atoms with van der Waals surface area (Å²) >= 11 is 0. The average molecular weight is 532 g/mol. The summed E-state index contributed by atoms with van der Waals surface area (Å²) in [5.41, 5.74) is 1.32. The van der Waals surface area contributed by atoms with Crippen molar-refractivity contribution >= 4 is 33.9 Å². The molecule has 2 aromatic carbocycles. The molecule has 0 unspecified atom stereocenters. The summed E-state index contributed by atoms with van der Waals surface area (Å²) < 4.78 is 80.9. The van der Waals surface area contributed by atoms with Crippen molar-refractivity contribution in [1.82, 2.24) is 20.3 Å². The lowest BCUT2D eigenvalue weighted by molar-refractivity contribution is -0.139. The molecule has 0 amide bonds. The Hall–Kier alpha value is -4.06. The molecular weight excluding hydrogens is 510 g/mol. The molecule has 0 atom stereocenters. The lowest BCUT2D eigenvalue weighted by atomic mass is 9.99. The second-order valence-electron chi connectivity index (χ2n) is 8.73. The van der Waals surface area contributed by atoms with E-state index < -0.39 is 35.8 Å². The molecule has 38 heavy (non-hydrogen) atoms. The van der Waals surface area contributed by atoms with Gasteiger partial charge >= 0.3 is 12.4 Å². The van der Waals surface area contributed by atoms with Gasteiger partial charge in [0.1, 0.15) is 11.4 Å². The van der Waals surface area contributed by atoms with E-state index in [1.54, 1.807) is 6.07 Å². The van der Waals surface area contributed by atoms with E-state index >= 15 is 0 Å². The van der Waals surface area contributed by atoms with Crippen LogP contribution in [0.15, 0.2) is 60.9 Å². The van der Waals surface area contributed by atoms with Gasteiger partial charge in [-0.15, -0.1) is 0 Å². The summed E-state index contributed by atoms with van der Waals surface area (Å²) in [6, 6.07) is 10.1. The first-order chi connectivity index (χ1) is 18.1. The highest BCUT2D eigenvalue weighted by atomic mass is 19.4. The SMILES string of the molecule is FC(F)(F)c1ccccc1CNc1nc(Nc2ccc3[nH]cc(C4=CCNCC4)c3c2)ncc1C(F)(F)F. The molecule has 3 heterocycles. The summed E-state index contributed by atoms with van der Waals surface area (Å²) in [5.74, 6) is -0.766. The van der Waals surface area contributed by atoms with Gasteiger partial charge in [0.05, 0.1) is 5.56 Å². The van der Waals surface area contributed by atoms with Gasteiger partial charge in [0.2, 0.25) is 5.95 Å². The van der Waals surface area contributed by atoms with Gasteiger partial charge in [-0.25, -0.2) is 4.98 Å². The molecule has 0 aliphatic carbocycles. The summed E-state index contributed by atoms with van der Waals surface area (Å²) in [6.45, 7) is 1.11. The Labute approximate surface area is 213 Å². The fraction of sp³-hybridized carbons (Fsp3) is 0.231. The molecule has 198 valence electrons. The van der Waals surface area contributed by atoms with E-state index in [0.29, 0.717) is 11.9 Å². The Morgan fingerprint density at radius 3 is 2.47 bits per heavy atom. The Bertz CT molecular complexity index is 1490. The lowest BCUT2D eigenvalue weighted by Gasteiger charge is -2.17. The van der Waals surface area contributed by atoms with Crippen molar-refractivity contribution in [1.29, 1.82) is 0 Å². The Morgan fingerprint density at radius 2 is 1.74 bits per heavy atom. The molecule has 6 nitrogen and oxygen atoms in total. The summed E-state index contributed by atoms with van der Waals surface area (Å²) in [7, 11) is 0. The Balaban J connectivity index is 1.43. The van der Waals surface area contributed by atoms with E-state index in [-0.39, 0.29) is 11.5 Å². The number of fused-ring (bicyclic) bond motifs is 1. The number of benzene rings is 2. The zero-order valence-electron chi connectivity index (χ0n) is 19.8. The molecular formula is C26H22F6N6. The van der Waals surface area contributed by atoms with Crippen LogP contribution in [0.4, 0.5) is 43.8 Å². The van der Waals surface area contributed by atoms with Gasteiger partial charge in [0, 0.05) is 47.6 Å². The minimum absolute atomic E-state index is 0.137. The van der Waals surface area contributed by atoms with E-state index in [4.69, 9.17) is 0 Å². The van der Waals surface area contributed by atoms with Crippen molar-refractivity contribution < 1.29 is 26.3 Å². The molecule has 0 saturated heterocycles. The zero-order chi connectivity index (χ0) is 26.9. The van der Waals surface area contributed by atoms with Crippen LogP contribution in [0, 0.1) is 0 Å². The minimum atomic E-state index is -4.81. The van der Waals surface area contributed by atoms with Crippen LogP contribution in [0.1, 0.15) is 28.7 Å². The molecule has 0 saturated carbocycles. The predicted molar refractivity (Wildman–Crippen MR) is 133 cm³/mol. The molecule has 0 spiro atoms. The number of rotatable bonds is 6. The van der Waals surface area contributed by atoms with Crippen molar-refractivity contribution in [2.75, 3.05) is 23.7 Å². The number of anilines is 3. The Morgan fingerprint density at radius 1 is 0.947 bits per heavy atom. The van der Waals surface area contributed by atoms with Crippen molar-refractivity contribution in [3.63, 3.8) is 0 Å². The molecule has 4 aromatic rings. The topological polar surface area (TPSA) is 77.7 Å². The van der Waals surface area contributed by atoms with Gasteiger partial charge in [-0.05, 0) is 48.4 Å². The van der Waals surface area contributed by atoms with E-state index in [1.165, 1.54) is 23.8 Å². The van der Waals surface area contributed by atoms with Crippen LogP contribution in [-0.4, -0.2) is 28.0 Å². The van der Waals surface area contributed by atoms with Gasteiger partial charge in [-0.3, -0.25) is 0 Å². The number of nitrogens with one attached hydrogen (secondary N) is 4. The second-order valence-corrected chi connectivity index (χ2v) is 8.73. The minimum Gasteiger partial charge on any atom is -0.365 e. The first kappa shape index (κ1) is 25.6. The molecule has 12 heteroatoms. The maximum Gasteiger partial charge on any atom is 0.421 e. The van der Waals surface area contributed by atoms with Crippen LogP contribution in [0.2, 0.25) is 0 Å². The molecule has 0 fully saturated rings. The Kier molecular flexibility index (Phi) is 6.74. The highest BCUT2D eigenvalue weighted by Crippen LogP contribution is 2.36. The highest BCUT2D eigenvalue weighted by Gasteiger charge is 2.36. The molecule has 2 aromatic heterocycles. The van der Waals surface area contributed by atoms with E-state index in [9.17, 15) is 26.3 Å². The molecule has 5 rings (SSSR count). The number of halogens is 6. The van der Waals surface area contributed by atoms with Crippen molar-refractivity contribution in [2.45, 2.75) is 25.3 Å². The van der Waals surface area contributed by atoms with E-state index in [1.807, 2.05) is 18.3 Å². The van der Waals surface area contributed by atoms with E-state index in [2.05, 4.69) is 37.0 Å². The smallest absolute Gasteiger partial charge is 0.365 e. The third-order valence-electron chi connectivity index (χ3n) is 6.21. The van der Waals surface area contributed by atoms with Gasteiger partial charge < -0.3 is 20.9 Å². The molecule has 1 aliphatic rings. The second kappa shape index (κ2) is 10.0. The monoisotopic (exact) mass is 532 g/mol. The quantitative estimate of drug-likeness (QED) is 0.207. The van der Waals surface area contributed by atoms with Crippen LogP contribution in [0.3, 0.4) is 0 Å². The predicted octanol–water partition coefficient (Wildman–Crippen LogP) is 6.73. The number of hydrogen-bond donors (Lipinski definition) is 4. The molecule has 0 radical (unpaired) electrons. The number of H-pyrrole nitrogens is 1. The van der Waals surface area contributed by atoms with Crippen LogP contribution in [0.5, 0.6) is 0 Å². The number of aromatic amines is 1. The van der Waals surface area contributed by atoms with Crippen LogP contribution in [-0.2, 0) is 18.9 Å². The van der Waals surface area contributed by atoms with Crippen LogP contribution < -0.4 is 16.0 Å². The third kappa shape index (κ3) is 5.44. The van der Waals surface area contributed by atoms with Gasteiger partial charge in [0.25, 0.3) is 0 Å². The molecule has 0 bridgehead atoms. The maximum atomic E-state index is 13.6. The van der Waals surface area contributed by atoms with Gasteiger partial charge in [0.15, 0.2) is 0 Å². The third-order valence-corrected chi connectivity index (χ3v) is 6.21. The normalized spacial score (nSPS) is 14.4. The number of hydrogen-bond acceptors (Lipinski definition) is 5. The molecule has 1 aliphatic heterocycles. The largest absolute Gasteiger partial charge is 0.421 e. The number of aromatic nitrogens is 3. The maximum absolute atomic E-state index is 13.6. The lowest BCUT2D eigenvalue weighted by Crippen LogP contribution is -2.19. The van der Waals surface area contributed by atoms with Crippen molar-refractivity contribution in [3.8, 4) is 0 Å². The van der Waals surface area contributed by atoms with Crippen molar-refractivity contribution in [3.05, 3.63) is 83.2 Å². The van der Waals surface area contributed by atoms with Gasteiger partial charge in [-0.1, -0.05) is 24.3 Å². The number of nitrogens with zero attached hydrogens (tertiary/aromatic N) is 2. The summed E-state index contributed by atoms with van der Waals surface area (Å²) in [4.78, 5) is 11.0. The zero-order valence-corrected chi connectivity index (χ0v) is 19.8. The van der Waals surface area contributed by atoms with Crippen LogP contribution in [0.25, 0.3) is 16.5 Å². The summed E-state index contributed by atoms with van der Waals surface area (Å²) in [5, 5.41) is 9.53. The first-order valence-electron chi connectivity index (χ1n) is 11.7. The first-order valence-corrected chi connectivity index (χ1v) is 11.7.